The van der Waals surface area contributed by atoms with Crippen molar-refractivity contribution in [1.29, 1.82) is 0 Å². The number of aliphatic hydroxyl groups is 2. The van der Waals surface area contributed by atoms with E-state index in [1.165, 1.54) is 31.3 Å². The number of carbonyl (C=O) groups is 1. The van der Waals surface area contributed by atoms with Crippen LogP contribution < -0.4 is 0 Å². The summed E-state index contributed by atoms with van der Waals surface area (Å²) in [4.78, 5) is 12.1. The van der Waals surface area contributed by atoms with Crippen molar-refractivity contribution in [2.24, 2.45) is 11.8 Å². The molecule has 2 aliphatic rings. The van der Waals surface area contributed by atoms with Gasteiger partial charge in [-0.25, -0.2) is 4.79 Å². The van der Waals surface area contributed by atoms with Crippen molar-refractivity contribution in [3.8, 4) is 0 Å². The highest BCUT2D eigenvalue weighted by atomic mass is 16.8. The summed E-state index contributed by atoms with van der Waals surface area (Å²) in [6.07, 6.45) is 9.47. The lowest BCUT2D eigenvalue weighted by Crippen LogP contribution is -2.31. The Hall–Kier alpha value is -0.870. The van der Waals surface area contributed by atoms with E-state index in [0.717, 1.165) is 32.6 Å². The fourth-order valence-corrected chi connectivity index (χ4v) is 3.79. The lowest BCUT2D eigenvalue weighted by atomic mass is 9.82. The van der Waals surface area contributed by atoms with Crippen molar-refractivity contribution in [3.05, 3.63) is 11.1 Å². The average molecular weight is 282 g/mol. The van der Waals surface area contributed by atoms with Crippen LogP contribution in [0.2, 0.25) is 0 Å². The second-order valence-electron chi connectivity index (χ2n) is 6.37. The molecule has 2 fully saturated rings. The maximum absolute atomic E-state index is 12.1. The SMILES string of the molecule is CC(C(=O)OC(C)(O)O)=C(C1CCCC1)C1CCCC1. The highest BCUT2D eigenvalue weighted by Crippen LogP contribution is 2.42. The van der Waals surface area contributed by atoms with Gasteiger partial charge < -0.3 is 14.9 Å². The molecule has 0 spiro atoms. The van der Waals surface area contributed by atoms with Crippen LogP contribution in [0.3, 0.4) is 0 Å². The van der Waals surface area contributed by atoms with Crippen LogP contribution in [0.15, 0.2) is 11.1 Å². The molecule has 2 aliphatic carbocycles. The maximum atomic E-state index is 12.1. The molecule has 0 bridgehead atoms. The number of rotatable bonds is 4. The first kappa shape index (κ1) is 15.5. The third kappa shape index (κ3) is 3.83. The van der Waals surface area contributed by atoms with E-state index in [9.17, 15) is 15.0 Å². The molecule has 2 saturated carbocycles. The monoisotopic (exact) mass is 282 g/mol. The number of allylic oxidation sites excluding steroid dienone is 1. The molecule has 0 radical (unpaired) electrons. The minimum absolute atomic E-state index is 0.481. The highest BCUT2D eigenvalue weighted by molar-refractivity contribution is 5.89. The molecule has 4 heteroatoms. The normalized spacial score (nSPS) is 21.2. The molecule has 0 saturated heterocycles. The van der Waals surface area contributed by atoms with E-state index in [4.69, 9.17) is 4.74 Å². The molecule has 0 aromatic rings. The first-order chi connectivity index (χ1) is 9.38. The fourth-order valence-electron chi connectivity index (χ4n) is 3.79. The Morgan fingerprint density at radius 3 is 1.75 bits per heavy atom. The first-order valence-corrected chi connectivity index (χ1v) is 7.77. The Morgan fingerprint density at radius 2 is 1.40 bits per heavy atom. The molecule has 0 amide bonds. The fraction of sp³-hybridized carbons (Fsp3) is 0.812. The Morgan fingerprint density at radius 1 is 1.00 bits per heavy atom. The van der Waals surface area contributed by atoms with Gasteiger partial charge >= 0.3 is 11.9 Å². The van der Waals surface area contributed by atoms with Gasteiger partial charge in [-0.1, -0.05) is 31.3 Å². The molecule has 20 heavy (non-hydrogen) atoms. The van der Waals surface area contributed by atoms with E-state index in [-0.39, 0.29) is 0 Å². The van der Waals surface area contributed by atoms with E-state index >= 15 is 0 Å². The highest BCUT2D eigenvalue weighted by Gasteiger charge is 2.32. The largest absolute Gasteiger partial charge is 0.405 e. The third-order valence-corrected chi connectivity index (χ3v) is 4.62. The Bertz CT molecular complexity index is 362. The third-order valence-electron chi connectivity index (χ3n) is 4.62. The van der Waals surface area contributed by atoms with Crippen LogP contribution in [0, 0.1) is 11.8 Å². The van der Waals surface area contributed by atoms with Gasteiger partial charge in [0.05, 0.1) is 0 Å². The zero-order valence-electron chi connectivity index (χ0n) is 12.5. The number of esters is 1. The van der Waals surface area contributed by atoms with E-state index in [2.05, 4.69) is 0 Å². The van der Waals surface area contributed by atoms with Gasteiger partial charge in [-0.3, -0.25) is 0 Å². The quantitative estimate of drug-likeness (QED) is 0.473. The van der Waals surface area contributed by atoms with Gasteiger partial charge in [0.2, 0.25) is 0 Å². The van der Waals surface area contributed by atoms with Crippen molar-refractivity contribution >= 4 is 5.97 Å². The molecule has 2 N–H and O–H groups in total. The zero-order chi connectivity index (χ0) is 14.8. The summed E-state index contributed by atoms with van der Waals surface area (Å²) in [7, 11) is 0. The van der Waals surface area contributed by atoms with Gasteiger partial charge in [0.15, 0.2) is 0 Å². The maximum Gasteiger partial charge on any atom is 0.337 e. The van der Waals surface area contributed by atoms with Gasteiger partial charge in [-0.2, -0.15) is 0 Å². The summed E-state index contributed by atoms with van der Waals surface area (Å²) >= 11 is 0. The lowest BCUT2D eigenvalue weighted by Gasteiger charge is -2.25. The number of hydrogen-bond acceptors (Lipinski definition) is 4. The van der Waals surface area contributed by atoms with Crippen molar-refractivity contribution < 1.29 is 19.7 Å². The standard InChI is InChI=1S/C16H26O4/c1-11(15(17)20-16(2,18)19)14(12-7-3-4-8-12)13-9-5-6-10-13/h12-13,18-19H,3-10H2,1-2H3. The molecule has 114 valence electrons. The second-order valence-corrected chi connectivity index (χ2v) is 6.37. The van der Waals surface area contributed by atoms with Gasteiger partial charge in [0.25, 0.3) is 0 Å². The summed E-state index contributed by atoms with van der Waals surface area (Å²) in [5, 5.41) is 18.5. The van der Waals surface area contributed by atoms with Crippen LogP contribution in [-0.4, -0.2) is 22.2 Å². The average Bonchev–Trinajstić information content (AvgIpc) is 2.99. The molecule has 0 heterocycles. The van der Waals surface area contributed by atoms with E-state index < -0.39 is 11.9 Å². The van der Waals surface area contributed by atoms with Crippen LogP contribution in [0.5, 0.6) is 0 Å². The predicted octanol–water partition coefficient (Wildman–Crippen LogP) is 2.88. The summed E-state index contributed by atoms with van der Waals surface area (Å²) in [5.41, 5.74) is 1.83. The Labute approximate surface area is 120 Å². The zero-order valence-corrected chi connectivity index (χ0v) is 12.5. The van der Waals surface area contributed by atoms with Gasteiger partial charge in [0, 0.05) is 12.5 Å². The number of ether oxygens (including phenoxy) is 1. The molecule has 4 nitrogen and oxygen atoms in total. The number of hydrogen-bond donors (Lipinski definition) is 2. The summed E-state index contributed by atoms with van der Waals surface area (Å²) in [5.74, 6) is -2.02. The van der Waals surface area contributed by atoms with E-state index in [1.54, 1.807) is 6.92 Å². The summed E-state index contributed by atoms with van der Waals surface area (Å²) in [6.45, 7) is 2.84. The van der Waals surface area contributed by atoms with Crippen molar-refractivity contribution in [3.63, 3.8) is 0 Å². The van der Waals surface area contributed by atoms with Crippen molar-refractivity contribution in [2.75, 3.05) is 0 Å². The molecule has 0 unspecified atom stereocenters. The minimum Gasteiger partial charge on any atom is -0.405 e. The summed E-state index contributed by atoms with van der Waals surface area (Å²) < 4.78 is 4.71. The Kier molecular flexibility index (Phi) is 4.86. The van der Waals surface area contributed by atoms with E-state index in [0.29, 0.717) is 17.4 Å². The van der Waals surface area contributed by atoms with Crippen molar-refractivity contribution in [1.82, 2.24) is 0 Å². The molecular weight excluding hydrogens is 256 g/mol. The number of carbonyl (C=O) groups excluding carboxylic acids is 1. The molecule has 0 aromatic heterocycles. The summed E-state index contributed by atoms with van der Waals surface area (Å²) in [6, 6.07) is 0. The van der Waals surface area contributed by atoms with Gasteiger partial charge in [-0.05, 0) is 44.4 Å². The molecule has 0 aromatic carbocycles. The van der Waals surface area contributed by atoms with E-state index in [1.807, 2.05) is 0 Å². The Balaban J connectivity index is 2.22. The molecule has 0 aliphatic heterocycles. The lowest BCUT2D eigenvalue weighted by molar-refractivity contribution is -0.304. The van der Waals surface area contributed by atoms with Crippen LogP contribution in [-0.2, 0) is 9.53 Å². The van der Waals surface area contributed by atoms with Crippen LogP contribution in [0.4, 0.5) is 0 Å². The minimum atomic E-state index is -2.39. The second kappa shape index (κ2) is 6.27. The smallest absolute Gasteiger partial charge is 0.337 e. The first-order valence-electron chi connectivity index (χ1n) is 7.77. The van der Waals surface area contributed by atoms with Crippen LogP contribution in [0.1, 0.15) is 65.2 Å². The van der Waals surface area contributed by atoms with Crippen LogP contribution in [0.25, 0.3) is 0 Å². The topological polar surface area (TPSA) is 66.8 Å². The van der Waals surface area contributed by atoms with Crippen LogP contribution >= 0.6 is 0 Å². The van der Waals surface area contributed by atoms with Crippen molar-refractivity contribution in [2.45, 2.75) is 71.2 Å². The molecule has 2 rings (SSSR count). The van der Waals surface area contributed by atoms with Gasteiger partial charge in [0.1, 0.15) is 0 Å². The van der Waals surface area contributed by atoms with Gasteiger partial charge in [-0.15, -0.1) is 0 Å². The molecule has 0 atom stereocenters. The molecular formula is C16H26O4. The predicted molar refractivity (Wildman–Crippen MR) is 75.6 cm³/mol.